The number of hydrogen-bond acceptors (Lipinski definition) is 7. The third-order valence-corrected chi connectivity index (χ3v) is 5.85. The highest BCUT2D eigenvalue weighted by atomic mass is 32.1. The first kappa shape index (κ1) is 21.6. The van der Waals surface area contributed by atoms with Gasteiger partial charge in [0.05, 0.1) is 25.3 Å². The maximum atomic E-state index is 13.1. The summed E-state index contributed by atoms with van der Waals surface area (Å²) in [5.74, 6) is -0.520. The first-order valence-corrected chi connectivity index (χ1v) is 11.0. The first-order valence-electron chi connectivity index (χ1n) is 10.1. The molecule has 1 aliphatic heterocycles. The lowest BCUT2D eigenvalue weighted by molar-refractivity contribution is -0.132. The van der Waals surface area contributed by atoms with Gasteiger partial charge in [-0.2, -0.15) is 0 Å². The number of anilines is 1. The molecule has 32 heavy (non-hydrogen) atoms. The van der Waals surface area contributed by atoms with Crippen molar-refractivity contribution in [3.63, 3.8) is 0 Å². The second-order valence-corrected chi connectivity index (χ2v) is 8.01. The molecular formula is C24H22N2O5S. The summed E-state index contributed by atoms with van der Waals surface area (Å²) >= 11 is 1.25. The van der Waals surface area contributed by atoms with Crippen LogP contribution in [0.4, 0.5) is 5.13 Å². The third kappa shape index (κ3) is 3.97. The summed E-state index contributed by atoms with van der Waals surface area (Å²) < 4.78 is 10.9. The molecule has 164 valence electrons. The van der Waals surface area contributed by atoms with Gasteiger partial charge in [-0.3, -0.25) is 14.5 Å². The Morgan fingerprint density at radius 3 is 2.59 bits per heavy atom. The number of thiazole rings is 1. The lowest BCUT2D eigenvalue weighted by atomic mass is 9.95. The number of ether oxygens (including phenoxy) is 2. The molecule has 0 aliphatic carbocycles. The lowest BCUT2D eigenvalue weighted by Gasteiger charge is -2.23. The fraction of sp³-hybridized carbons (Fsp3) is 0.208. The molecule has 0 spiro atoms. The molecule has 8 heteroatoms. The van der Waals surface area contributed by atoms with Gasteiger partial charge in [0.1, 0.15) is 17.3 Å². The molecule has 1 N–H and O–H groups in total. The van der Waals surface area contributed by atoms with E-state index in [0.29, 0.717) is 34.4 Å². The van der Waals surface area contributed by atoms with Gasteiger partial charge in [-0.1, -0.05) is 19.1 Å². The van der Waals surface area contributed by atoms with Gasteiger partial charge in [0.25, 0.3) is 5.78 Å². The predicted octanol–water partition coefficient (Wildman–Crippen LogP) is 4.57. The molecular weight excluding hydrogens is 428 g/mol. The Bertz CT molecular complexity index is 1160. The second-order valence-electron chi connectivity index (χ2n) is 7.13. The van der Waals surface area contributed by atoms with Crippen molar-refractivity contribution in [2.45, 2.75) is 19.4 Å². The Labute approximate surface area is 189 Å². The first-order chi connectivity index (χ1) is 15.5. The number of benzene rings is 2. The molecule has 0 saturated carbocycles. The fourth-order valence-electron chi connectivity index (χ4n) is 3.58. The van der Waals surface area contributed by atoms with E-state index in [1.165, 1.54) is 16.2 Å². The Morgan fingerprint density at radius 1 is 1.16 bits per heavy atom. The van der Waals surface area contributed by atoms with Crippen molar-refractivity contribution in [1.29, 1.82) is 0 Å². The SMILES string of the molecule is CCCOc1cccc(C2C(=C(O)c3ccc(OC)cc3)C(=O)C(=O)N2c2nccs2)c1. The Hall–Kier alpha value is -3.65. The molecule has 1 aliphatic rings. The number of aliphatic hydroxyl groups excluding tert-OH is 1. The number of carbonyl (C=O) groups is 2. The van der Waals surface area contributed by atoms with Crippen LogP contribution in [-0.4, -0.2) is 35.5 Å². The zero-order chi connectivity index (χ0) is 22.7. The van der Waals surface area contributed by atoms with E-state index in [-0.39, 0.29) is 11.3 Å². The minimum atomic E-state index is -0.839. The van der Waals surface area contributed by atoms with E-state index in [4.69, 9.17) is 9.47 Å². The van der Waals surface area contributed by atoms with E-state index in [0.717, 1.165) is 6.42 Å². The molecule has 1 fully saturated rings. The second kappa shape index (κ2) is 9.23. The molecule has 1 unspecified atom stereocenters. The molecule has 2 heterocycles. The molecule has 2 aromatic carbocycles. The number of nitrogens with zero attached hydrogens (tertiary/aromatic N) is 2. The predicted molar refractivity (Wildman–Crippen MR) is 122 cm³/mol. The van der Waals surface area contributed by atoms with Crippen LogP contribution in [0.1, 0.15) is 30.5 Å². The minimum absolute atomic E-state index is 0.00279. The summed E-state index contributed by atoms with van der Waals surface area (Å²) in [7, 11) is 1.54. The van der Waals surface area contributed by atoms with Crippen LogP contribution in [0.3, 0.4) is 0 Å². The van der Waals surface area contributed by atoms with Gasteiger partial charge < -0.3 is 14.6 Å². The molecule has 1 aromatic heterocycles. The van der Waals surface area contributed by atoms with Crippen molar-refractivity contribution in [3.05, 3.63) is 76.8 Å². The van der Waals surface area contributed by atoms with Gasteiger partial charge in [-0.25, -0.2) is 4.98 Å². The summed E-state index contributed by atoms with van der Waals surface area (Å²) in [5, 5.41) is 13.2. The standard InChI is InChI=1S/C24H22N2O5S/c1-3-12-31-18-6-4-5-16(14-18)20-19(21(27)15-7-9-17(30-2)10-8-15)22(28)23(29)26(20)24-25-11-13-32-24/h4-11,13-14,20,27H,3,12H2,1-2H3. The van der Waals surface area contributed by atoms with Gasteiger partial charge >= 0.3 is 5.91 Å². The van der Waals surface area contributed by atoms with E-state index >= 15 is 0 Å². The summed E-state index contributed by atoms with van der Waals surface area (Å²) in [6, 6.07) is 13.0. The van der Waals surface area contributed by atoms with Crippen molar-refractivity contribution in [1.82, 2.24) is 4.98 Å². The van der Waals surface area contributed by atoms with Crippen LogP contribution in [0.15, 0.2) is 65.7 Å². The van der Waals surface area contributed by atoms with Gasteiger partial charge in [-0.15, -0.1) is 11.3 Å². The highest BCUT2D eigenvalue weighted by Gasteiger charge is 2.48. The molecule has 0 bridgehead atoms. The van der Waals surface area contributed by atoms with Crippen molar-refractivity contribution >= 4 is 33.9 Å². The number of rotatable bonds is 7. The van der Waals surface area contributed by atoms with Gasteiger partial charge in [0, 0.05) is 17.1 Å². The van der Waals surface area contributed by atoms with Crippen molar-refractivity contribution in [3.8, 4) is 11.5 Å². The smallest absolute Gasteiger partial charge is 0.301 e. The Kier molecular flexibility index (Phi) is 6.23. The van der Waals surface area contributed by atoms with Gasteiger partial charge in [-0.05, 0) is 48.4 Å². The average molecular weight is 451 g/mol. The van der Waals surface area contributed by atoms with Crippen LogP contribution >= 0.6 is 11.3 Å². The molecule has 4 rings (SSSR count). The molecule has 1 saturated heterocycles. The molecule has 1 amide bonds. The zero-order valence-corrected chi connectivity index (χ0v) is 18.5. The fourth-order valence-corrected chi connectivity index (χ4v) is 4.25. The van der Waals surface area contributed by atoms with Crippen molar-refractivity contribution in [2.24, 2.45) is 0 Å². The number of carbonyl (C=O) groups excluding carboxylic acids is 2. The third-order valence-electron chi connectivity index (χ3n) is 5.08. The monoisotopic (exact) mass is 450 g/mol. The van der Waals surface area contributed by atoms with Crippen LogP contribution in [0.5, 0.6) is 11.5 Å². The minimum Gasteiger partial charge on any atom is -0.507 e. The summed E-state index contributed by atoms with van der Waals surface area (Å²) in [5.41, 5.74) is 1.05. The quantitative estimate of drug-likeness (QED) is 0.322. The number of aliphatic hydroxyl groups is 1. The molecule has 7 nitrogen and oxygen atoms in total. The Morgan fingerprint density at radius 2 is 1.94 bits per heavy atom. The number of Topliss-reactive ketones (excluding diaryl/α,β-unsaturated/α-hetero) is 1. The van der Waals surface area contributed by atoms with Gasteiger partial charge in [0.15, 0.2) is 5.13 Å². The topological polar surface area (TPSA) is 89.0 Å². The van der Waals surface area contributed by atoms with Crippen LogP contribution in [-0.2, 0) is 9.59 Å². The number of ketones is 1. The van der Waals surface area contributed by atoms with E-state index < -0.39 is 17.7 Å². The van der Waals surface area contributed by atoms with Crippen LogP contribution < -0.4 is 14.4 Å². The number of hydrogen-bond donors (Lipinski definition) is 1. The van der Waals surface area contributed by atoms with E-state index in [2.05, 4.69) is 4.98 Å². The maximum absolute atomic E-state index is 13.1. The van der Waals surface area contributed by atoms with E-state index in [9.17, 15) is 14.7 Å². The normalized spacial score (nSPS) is 17.6. The van der Waals surface area contributed by atoms with E-state index in [1.54, 1.807) is 61.2 Å². The van der Waals surface area contributed by atoms with Crippen molar-refractivity contribution < 1.29 is 24.2 Å². The number of amides is 1. The van der Waals surface area contributed by atoms with Crippen LogP contribution in [0.25, 0.3) is 5.76 Å². The molecule has 3 aromatic rings. The van der Waals surface area contributed by atoms with Crippen LogP contribution in [0.2, 0.25) is 0 Å². The largest absolute Gasteiger partial charge is 0.507 e. The zero-order valence-electron chi connectivity index (χ0n) is 17.6. The summed E-state index contributed by atoms with van der Waals surface area (Å²) in [4.78, 5) is 31.7. The maximum Gasteiger partial charge on any atom is 0.301 e. The highest BCUT2D eigenvalue weighted by molar-refractivity contribution is 7.14. The summed E-state index contributed by atoms with van der Waals surface area (Å²) in [6.07, 6.45) is 2.42. The number of methoxy groups -OCH3 is 1. The number of aromatic nitrogens is 1. The molecule has 1 atom stereocenters. The molecule has 0 radical (unpaired) electrons. The summed E-state index contributed by atoms with van der Waals surface area (Å²) in [6.45, 7) is 2.55. The van der Waals surface area contributed by atoms with E-state index in [1.807, 2.05) is 13.0 Å². The van der Waals surface area contributed by atoms with Crippen molar-refractivity contribution in [2.75, 3.05) is 18.6 Å². The average Bonchev–Trinajstić information content (AvgIpc) is 3.44. The van der Waals surface area contributed by atoms with Gasteiger partial charge in [0.2, 0.25) is 0 Å². The Balaban J connectivity index is 1.87. The van der Waals surface area contributed by atoms with Crippen LogP contribution in [0, 0.1) is 0 Å². The lowest BCUT2D eigenvalue weighted by Crippen LogP contribution is -2.29. The highest BCUT2D eigenvalue weighted by Crippen LogP contribution is 2.43.